The molecule has 3 rings (SSSR count). The fraction of sp³-hybridized carbons (Fsp3) is 1.00. The molecule has 0 aromatic rings. The molecule has 1 spiro atoms. The Hall–Kier alpha value is 0.250. The van der Waals surface area contributed by atoms with Crippen molar-refractivity contribution in [2.75, 3.05) is 6.54 Å². The minimum Gasteiger partial charge on any atom is -1.00 e. The summed E-state index contributed by atoms with van der Waals surface area (Å²) in [5.41, 5.74) is 0.773. The Morgan fingerprint density at radius 3 is 2.72 bits per heavy atom. The van der Waals surface area contributed by atoms with Crippen molar-refractivity contribution in [3.63, 3.8) is 0 Å². The molecule has 0 aromatic heterocycles. The molecule has 1 N–H and O–H groups in total. The van der Waals surface area contributed by atoms with E-state index in [0.717, 1.165) is 17.5 Å². The topological polar surface area (TPSA) is 4.44 Å². The van der Waals surface area contributed by atoms with Gasteiger partial charge in [0.05, 0.1) is 12.6 Å². The predicted molar refractivity (Wildman–Crippen MR) is 72.3 cm³/mol. The Morgan fingerprint density at radius 1 is 1.06 bits per heavy atom. The molecule has 0 amide bonds. The van der Waals surface area contributed by atoms with E-state index in [-0.39, 0.29) is 12.4 Å². The second kappa shape index (κ2) is 6.13. The van der Waals surface area contributed by atoms with E-state index in [4.69, 9.17) is 0 Å². The van der Waals surface area contributed by atoms with E-state index < -0.39 is 0 Å². The molecular weight excluding hydrogens is 242 g/mol. The van der Waals surface area contributed by atoms with Gasteiger partial charge < -0.3 is 17.3 Å². The van der Waals surface area contributed by atoms with Crippen LogP contribution in [0.4, 0.5) is 0 Å². The highest BCUT2D eigenvalue weighted by atomic mass is 35.5. The number of nitrogens with one attached hydrogen (secondary N) is 1. The van der Waals surface area contributed by atoms with Crippen LogP contribution in [0.25, 0.3) is 0 Å². The van der Waals surface area contributed by atoms with Crippen molar-refractivity contribution in [3.05, 3.63) is 0 Å². The molecule has 2 heteroatoms. The second-order valence-corrected chi connectivity index (χ2v) is 6.89. The molecule has 2 aliphatic heterocycles. The quantitative estimate of drug-likeness (QED) is 0.734. The van der Waals surface area contributed by atoms with Crippen molar-refractivity contribution in [1.82, 2.24) is 0 Å². The smallest absolute Gasteiger partial charge is 0.101 e. The number of hydrogen-bond donors (Lipinski definition) is 1. The fourth-order valence-corrected chi connectivity index (χ4v) is 5.44. The zero-order chi connectivity index (χ0) is 11.7. The average Bonchev–Trinajstić information content (AvgIpc) is 2.79. The third-order valence-corrected chi connectivity index (χ3v) is 6.18. The van der Waals surface area contributed by atoms with Crippen LogP contribution in [0.2, 0.25) is 0 Å². The van der Waals surface area contributed by atoms with Gasteiger partial charge in [0, 0.05) is 25.2 Å². The number of unbranched alkanes of at least 4 members (excludes halogenated alkanes) is 1. The first-order valence-corrected chi connectivity index (χ1v) is 8.23. The molecule has 1 aliphatic carbocycles. The Morgan fingerprint density at radius 2 is 1.89 bits per heavy atom. The lowest BCUT2D eigenvalue weighted by Gasteiger charge is -2.51. The highest BCUT2D eigenvalue weighted by molar-refractivity contribution is 4.96. The Labute approximate surface area is 119 Å². The zero-order valence-electron chi connectivity index (χ0n) is 12.0. The van der Waals surface area contributed by atoms with Crippen molar-refractivity contribution in [2.45, 2.75) is 89.1 Å². The molecule has 1 nitrogen and oxygen atoms in total. The van der Waals surface area contributed by atoms with Gasteiger partial charge in [0.2, 0.25) is 0 Å². The SMILES string of the molecule is CCCC[C@@H]1CC[C@@H]2CCCC[C@]23CCC[NH+]13.[Cl-]. The maximum atomic E-state index is 2.35. The Balaban J connectivity index is 0.00000120. The van der Waals surface area contributed by atoms with Gasteiger partial charge in [0.25, 0.3) is 0 Å². The van der Waals surface area contributed by atoms with E-state index in [1.807, 2.05) is 0 Å². The summed E-state index contributed by atoms with van der Waals surface area (Å²) in [6.07, 6.45) is 16.7. The third-order valence-electron chi connectivity index (χ3n) is 6.18. The fourth-order valence-electron chi connectivity index (χ4n) is 5.44. The number of quaternary nitrogens is 1. The number of rotatable bonds is 3. The van der Waals surface area contributed by atoms with Crippen LogP contribution in [0, 0.1) is 5.92 Å². The first-order valence-electron chi connectivity index (χ1n) is 8.23. The molecule has 2 heterocycles. The largest absolute Gasteiger partial charge is 1.00 e. The molecule has 0 aromatic carbocycles. The monoisotopic (exact) mass is 271 g/mol. The standard InChI is InChI=1S/C16H29N.ClH/c1-2-3-8-15-10-9-14-7-4-5-11-16(14)12-6-13-17(15)16;/h14-15H,2-13H2,1H3;1H/t14-,15+,16-;/m0./s1. The maximum Gasteiger partial charge on any atom is 0.101 e. The van der Waals surface area contributed by atoms with Gasteiger partial charge in [-0.1, -0.05) is 19.8 Å². The van der Waals surface area contributed by atoms with Gasteiger partial charge >= 0.3 is 0 Å². The molecule has 3 aliphatic rings. The summed E-state index contributed by atoms with van der Waals surface area (Å²) >= 11 is 0. The van der Waals surface area contributed by atoms with E-state index >= 15 is 0 Å². The molecule has 0 bridgehead atoms. The summed E-state index contributed by atoms with van der Waals surface area (Å²) in [6.45, 7) is 3.85. The van der Waals surface area contributed by atoms with E-state index in [0.29, 0.717) is 0 Å². The molecule has 2 saturated heterocycles. The van der Waals surface area contributed by atoms with Crippen LogP contribution in [0.5, 0.6) is 0 Å². The summed E-state index contributed by atoms with van der Waals surface area (Å²) in [5, 5.41) is 0. The molecule has 1 unspecified atom stereocenters. The summed E-state index contributed by atoms with van der Waals surface area (Å²) in [4.78, 5) is 2.07. The molecule has 106 valence electrons. The second-order valence-electron chi connectivity index (χ2n) is 6.89. The van der Waals surface area contributed by atoms with Crippen molar-refractivity contribution in [3.8, 4) is 0 Å². The van der Waals surface area contributed by atoms with Crippen molar-refractivity contribution in [1.29, 1.82) is 0 Å². The van der Waals surface area contributed by atoms with Crippen LogP contribution in [-0.4, -0.2) is 18.1 Å². The normalized spacial score (nSPS) is 42.8. The maximum absolute atomic E-state index is 2.35. The number of halogens is 1. The lowest BCUT2D eigenvalue weighted by molar-refractivity contribution is -0.975. The van der Waals surface area contributed by atoms with Crippen molar-refractivity contribution in [2.24, 2.45) is 5.92 Å². The first-order chi connectivity index (χ1) is 8.37. The van der Waals surface area contributed by atoms with Crippen LogP contribution in [-0.2, 0) is 0 Å². The highest BCUT2D eigenvalue weighted by Crippen LogP contribution is 2.42. The number of piperidine rings is 1. The summed E-state index contributed by atoms with van der Waals surface area (Å²) in [5.74, 6) is 1.10. The van der Waals surface area contributed by atoms with Gasteiger partial charge in [-0.05, 0) is 38.5 Å². The predicted octanol–water partition coefficient (Wildman–Crippen LogP) is -0.0493. The lowest BCUT2D eigenvalue weighted by Crippen LogP contribution is -3.23. The Bertz CT molecular complexity index is 268. The van der Waals surface area contributed by atoms with Crippen LogP contribution in [0.15, 0.2) is 0 Å². The zero-order valence-corrected chi connectivity index (χ0v) is 12.8. The highest BCUT2D eigenvalue weighted by Gasteiger charge is 2.56. The van der Waals surface area contributed by atoms with E-state index in [9.17, 15) is 0 Å². The van der Waals surface area contributed by atoms with Crippen LogP contribution >= 0.6 is 0 Å². The molecule has 0 radical (unpaired) electrons. The first kappa shape index (κ1) is 14.7. The minimum atomic E-state index is 0. The number of hydrogen-bond acceptors (Lipinski definition) is 0. The molecule has 18 heavy (non-hydrogen) atoms. The summed E-state index contributed by atoms with van der Waals surface area (Å²) in [6, 6.07) is 1.03. The van der Waals surface area contributed by atoms with Gasteiger partial charge in [0.15, 0.2) is 0 Å². The average molecular weight is 272 g/mol. The van der Waals surface area contributed by atoms with Gasteiger partial charge in [-0.3, -0.25) is 0 Å². The van der Waals surface area contributed by atoms with Gasteiger partial charge in [-0.2, -0.15) is 0 Å². The van der Waals surface area contributed by atoms with Crippen molar-refractivity contribution >= 4 is 0 Å². The summed E-state index contributed by atoms with van der Waals surface area (Å²) in [7, 11) is 0. The molecule has 3 fully saturated rings. The van der Waals surface area contributed by atoms with Crippen LogP contribution < -0.4 is 17.3 Å². The lowest BCUT2D eigenvalue weighted by atomic mass is 9.66. The van der Waals surface area contributed by atoms with Gasteiger partial charge in [-0.25, -0.2) is 0 Å². The van der Waals surface area contributed by atoms with E-state index in [1.54, 1.807) is 32.1 Å². The van der Waals surface area contributed by atoms with Gasteiger partial charge in [0.1, 0.15) is 5.54 Å². The minimum absolute atomic E-state index is 0. The Kier molecular flexibility index (Phi) is 4.99. The van der Waals surface area contributed by atoms with E-state index in [2.05, 4.69) is 11.8 Å². The van der Waals surface area contributed by atoms with Crippen molar-refractivity contribution < 1.29 is 17.3 Å². The third kappa shape index (κ3) is 2.33. The molecular formula is C16H30ClN. The molecule has 1 saturated carbocycles. The van der Waals surface area contributed by atoms with Crippen LogP contribution in [0.3, 0.4) is 0 Å². The summed E-state index contributed by atoms with van der Waals surface area (Å²) < 4.78 is 0. The van der Waals surface area contributed by atoms with Crippen LogP contribution in [0.1, 0.15) is 77.6 Å². The van der Waals surface area contributed by atoms with E-state index in [1.165, 1.54) is 45.1 Å². The van der Waals surface area contributed by atoms with Gasteiger partial charge in [-0.15, -0.1) is 0 Å². The molecule has 4 atom stereocenters.